The topological polar surface area (TPSA) is 50.9 Å². The van der Waals surface area contributed by atoms with Gasteiger partial charge in [-0.15, -0.1) is 0 Å². The summed E-state index contributed by atoms with van der Waals surface area (Å²) in [5.74, 6) is 1.33. The Kier molecular flexibility index (Phi) is 4.07. The van der Waals surface area contributed by atoms with Gasteiger partial charge >= 0.3 is 0 Å². The number of hydrogen-bond donors (Lipinski definition) is 1. The number of aliphatic hydroxyl groups is 1. The molecule has 0 radical (unpaired) electrons. The summed E-state index contributed by atoms with van der Waals surface area (Å²) in [5.41, 5.74) is 0. The average molecular weight is 197 g/mol. The zero-order valence-corrected chi connectivity index (χ0v) is 9.14. The lowest BCUT2D eigenvalue weighted by atomic mass is 10.0. The van der Waals surface area contributed by atoms with Gasteiger partial charge in [-0.05, 0) is 18.8 Å². The van der Waals surface area contributed by atoms with Crippen molar-refractivity contribution < 1.29 is 5.11 Å². The van der Waals surface area contributed by atoms with Gasteiger partial charge in [0, 0.05) is 13.5 Å². The summed E-state index contributed by atoms with van der Waals surface area (Å²) in [6.07, 6.45) is 4.06. The summed E-state index contributed by atoms with van der Waals surface area (Å²) in [6, 6.07) is 0. The zero-order chi connectivity index (χ0) is 10.6. The van der Waals surface area contributed by atoms with E-state index in [1.807, 2.05) is 20.9 Å². The fraction of sp³-hybridized carbons (Fsp3) is 0.800. The van der Waals surface area contributed by atoms with Crippen LogP contribution in [0.2, 0.25) is 0 Å². The third-order valence-corrected chi connectivity index (χ3v) is 2.47. The monoisotopic (exact) mass is 197 g/mol. The quantitative estimate of drug-likeness (QED) is 0.770. The van der Waals surface area contributed by atoms with E-state index in [2.05, 4.69) is 10.1 Å². The maximum Gasteiger partial charge on any atom is 0.138 e. The van der Waals surface area contributed by atoms with E-state index in [-0.39, 0.29) is 6.10 Å². The SMILES string of the molecule is CC(C)C(O)CCCc1ncnn1C. The van der Waals surface area contributed by atoms with Gasteiger partial charge in [0.25, 0.3) is 0 Å². The molecule has 0 amide bonds. The Morgan fingerprint density at radius 2 is 2.21 bits per heavy atom. The molecule has 1 N–H and O–H groups in total. The lowest BCUT2D eigenvalue weighted by molar-refractivity contribution is 0.114. The van der Waals surface area contributed by atoms with Crippen LogP contribution in [0.1, 0.15) is 32.5 Å². The second-order valence-corrected chi connectivity index (χ2v) is 4.00. The van der Waals surface area contributed by atoms with Crippen LogP contribution in [0.5, 0.6) is 0 Å². The number of rotatable bonds is 5. The maximum absolute atomic E-state index is 9.58. The van der Waals surface area contributed by atoms with Crippen LogP contribution in [0, 0.1) is 5.92 Å². The molecule has 1 aromatic rings. The molecule has 0 spiro atoms. The molecule has 14 heavy (non-hydrogen) atoms. The molecule has 0 saturated heterocycles. The van der Waals surface area contributed by atoms with Crippen LogP contribution < -0.4 is 0 Å². The Bertz CT molecular complexity index is 270. The summed E-state index contributed by atoms with van der Waals surface area (Å²) in [4.78, 5) is 4.13. The van der Waals surface area contributed by atoms with Crippen LogP contribution in [-0.4, -0.2) is 26.0 Å². The van der Waals surface area contributed by atoms with Gasteiger partial charge in [0.1, 0.15) is 12.2 Å². The average Bonchev–Trinajstić information content (AvgIpc) is 2.51. The molecule has 1 heterocycles. The first kappa shape index (κ1) is 11.2. The molecule has 0 aromatic carbocycles. The van der Waals surface area contributed by atoms with Gasteiger partial charge in [0.05, 0.1) is 6.10 Å². The van der Waals surface area contributed by atoms with Crippen molar-refractivity contribution >= 4 is 0 Å². The van der Waals surface area contributed by atoms with Crippen molar-refractivity contribution in [2.45, 2.75) is 39.2 Å². The summed E-state index contributed by atoms with van der Waals surface area (Å²) in [7, 11) is 1.89. The Morgan fingerprint density at radius 3 is 2.71 bits per heavy atom. The van der Waals surface area contributed by atoms with E-state index in [0.29, 0.717) is 5.92 Å². The van der Waals surface area contributed by atoms with Gasteiger partial charge in [0.2, 0.25) is 0 Å². The van der Waals surface area contributed by atoms with Gasteiger partial charge in [-0.1, -0.05) is 13.8 Å². The molecular formula is C10H19N3O. The van der Waals surface area contributed by atoms with Crippen molar-refractivity contribution in [2.24, 2.45) is 13.0 Å². The predicted octanol–water partition coefficient (Wildman–Crippen LogP) is 1.15. The number of hydrogen-bond acceptors (Lipinski definition) is 3. The Balaban J connectivity index is 2.25. The molecule has 0 aliphatic carbocycles. The van der Waals surface area contributed by atoms with Gasteiger partial charge in [0.15, 0.2) is 0 Å². The smallest absolute Gasteiger partial charge is 0.138 e. The molecule has 1 unspecified atom stereocenters. The molecule has 1 atom stereocenters. The lowest BCUT2D eigenvalue weighted by Gasteiger charge is -2.13. The highest BCUT2D eigenvalue weighted by Gasteiger charge is 2.09. The first-order chi connectivity index (χ1) is 6.61. The number of aromatic nitrogens is 3. The Morgan fingerprint density at radius 1 is 1.50 bits per heavy atom. The highest BCUT2D eigenvalue weighted by atomic mass is 16.3. The minimum absolute atomic E-state index is 0.191. The fourth-order valence-electron chi connectivity index (χ4n) is 1.35. The normalized spacial score (nSPS) is 13.5. The molecule has 1 rings (SSSR count). The van der Waals surface area contributed by atoms with E-state index in [0.717, 1.165) is 25.1 Å². The molecule has 80 valence electrons. The van der Waals surface area contributed by atoms with E-state index in [1.54, 1.807) is 11.0 Å². The van der Waals surface area contributed by atoms with E-state index in [4.69, 9.17) is 0 Å². The minimum atomic E-state index is -0.191. The van der Waals surface area contributed by atoms with Gasteiger partial charge in [-0.2, -0.15) is 5.10 Å². The zero-order valence-electron chi connectivity index (χ0n) is 9.14. The number of aryl methyl sites for hydroxylation is 2. The number of aliphatic hydroxyl groups excluding tert-OH is 1. The standard InChI is InChI=1S/C10H19N3O/c1-8(2)9(14)5-4-6-10-11-7-12-13(10)3/h7-9,14H,4-6H2,1-3H3. The molecule has 4 heteroatoms. The molecule has 0 aliphatic heterocycles. The van der Waals surface area contributed by atoms with Gasteiger partial charge in [-0.3, -0.25) is 4.68 Å². The third kappa shape index (κ3) is 3.10. The van der Waals surface area contributed by atoms with Crippen LogP contribution >= 0.6 is 0 Å². The summed E-state index contributed by atoms with van der Waals surface area (Å²) >= 11 is 0. The third-order valence-electron chi connectivity index (χ3n) is 2.47. The summed E-state index contributed by atoms with van der Waals surface area (Å²) in [5, 5.41) is 13.6. The Labute approximate surface area is 85.0 Å². The molecule has 0 bridgehead atoms. The van der Waals surface area contributed by atoms with E-state index < -0.39 is 0 Å². The van der Waals surface area contributed by atoms with E-state index >= 15 is 0 Å². The summed E-state index contributed by atoms with van der Waals surface area (Å²) in [6.45, 7) is 4.07. The molecule has 0 aliphatic rings. The molecule has 0 fully saturated rings. The first-order valence-corrected chi connectivity index (χ1v) is 5.12. The van der Waals surface area contributed by atoms with Crippen LogP contribution in [0.4, 0.5) is 0 Å². The first-order valence-electron chi connectivity index (χ1n) is 5.12. The van der Waals surface area contributed by atoms with Gasteiger partial charge in [-0.25, -0.2) is 4.98 Å². The molecular weight excluding hydrogens is 178 g/mol. The minimum Gasteiger partial charge on any atom is -0.393 e. The molecule has 1 aromatic heterocycles. The highest BCUT2D eigenvalue weighted by Crippen LogP contribution is 2.09. The van der Waals surface area contributed by atoms with E-state index in [1.165, 1.54) is 0 Å². The van der Waals surface area contributed by atoms with Crippen molar-refractivity contribution in [3.05, 3.63) is 12.2 Å². The second-order valence-electron chi connectivity index (χ2n) is 4.00. The maximum atomic E-state index is 9.58. The van der Waals surface area contributed by atoms with Crippen LogP contribution in [0.3, 0.4) is 0 Å². The van der Waals surface area contributed by atoms with E-state index in [9.17, 15) is 5.11 Å². The van der Waals surface area contributed by atoms with Crippen molar-refractivity contribution in [1.29, 1.82) is 0 Å². The van der Waals surface area contributed by atoms with Crippen molar-refractivity contribution in [2.75, 3.05) is 0 Å². The summed E-state index contributed by atoms with van der Waals surface area (Å²) < 4.78 is 1.78. The van der Waals surface area contributed by atoms with Crippen LogP contribution in [0.25, 0.3) is 0 Å². The molecule has 4 nitrogen and oxygen atoms in total. The predicted molar refractivity (Wildman–Crippen MR) is 54.8 cm³/mol. The highest BCUT2D eigenvalue weighted by molar-refractivity contribution is 4.83. The lowest BCUT2D eigenvalue weighted by Crippen LogP contribution is -2.14. The second kappa shape index (κ2) is 5.10. The number of nitrogens with zero attached hydrogens (tertiary/aromatic N) is 3. The van der Waals surface area contributed by atoms with Crippen molar-refractivity contribution in [3.8, 4) is 0 Å². The Hall–Kier alpha value is -0.900. The van der Waals surface area contributed by atoms with Gasteiger partial charge < -0.3 is 5.11 Å². The molecule has 0 saturated carbocycles. The van der Waals surface area contributed by atoms with Crippen molar-refractivity contribution in [1.82, 2.24) is 14.8 Å². The van der Waals surface area contributed by atoms with Crippen LogP contribution in [-0.2, 0) is 13.5 Å². The van der Waals surface area contributed by atoms with Crippen LogP contribution in [0.15, 0.2) is 6.33 Å². The van der Waals surface area contributed by atoms with Crippen molar-refractivity contribution in [3.63, 3.8) is 0 Å². The fourth-order valence-corrected chi connectivity index (χ4v) is 1.35. The largest absolute Gasteiger partial charge is 0.393 e.